The van der Waals surface area contributed by atoms with E-state index in [9.17, 15) is 24.9 Å². The van der Waals surface area contributed by atoms with Gasteiger partial charge in [-0.3, -0.25) is 14.6 Å². The van der Waals surface area contributed by atoms with Gasteiger partial charge in [-0.25, -0.2) is 4.98 Å². The second-order valence-electron chi connectivity index (χ2n) is 10.3. The minimum Gasteiger partial charge on any atom is -0.404 e. The number of hydrogen-bond acceptors (Lipinski definition) is 9. The van der Waals surface area contributed by atoms with Gasteiger partial charge in [-0.15, -0.1) is 0 Å². The third-order valence-corrected chi connectivity index (χ3v) is 6.68. The van der Waals surface area contributed by atoms with Crippen molar-refractivity contribution >= 4 is 18.8 Å². The minimum atomic E-state index is -1.20. The molecule has 2 heterocycles. The number of Topliss-reactive ketones (excluding diaryl/α,β-unsaturated/α-hetero) is 1. The average Bonchev–Trinajstić information content (AvgIpc) is 3.38. The van der Waals surface area contributed by atoms with Gasteiger partial charge >= 0.3 is 7.12 Å². The summed E-state index contributed by atoms with van der Waals surface area (Å²) in [6.07, 6.45) is 2.36. The van der Waals surface area contributed by atoms with E-state index in [0.29, 0.717) is 12.8 Å². The van der Waals surface area contributed by atoms with Crippen molar-refractivity contribution < 1.29 is 34.2 Å². The highest BCUT2D eigenvalue weighted by atomic mass is 16.7. The van der Waals surface area contributed by atoms with Crippen molar-refractivity contribution in [3.63, 3.8) is 0 Å². The average molecular weight is 527 g/mol. The molecule has 2 aromatic rings. The van der Waals surface area contributed by atoms with Crippen LogP contribution in [0.1, 0.15) is 49.7 Å². The van der Waals surface area contributed by atoms with Crippen molar-refractivity contribution in [1.29, 1.82) is 0 Å². The number of nitrogens with zero attached hydrogens (tertiary/aromatic N) is 2. The predicted molar refractivity (Wildman–Crippen MR) is 141 cm³/mol. The van der Waals surface area contributed by atoms with Gasteiger partial charge < -0.3 is 29.9 Å². The highest BCUT2D eigenvalue weighted by Gasteiger charge is 2.49. The number of nitrogens with one attached hydrogen (secondary N) is 1. The Balaban J connectivity index is 1.81. The van der Waals surface area contributed by atoms with Gasteiger partial charge in [-0.2, -0.15) is 0 Å². The van der Waals surface area contributed by atoms with Crippen molar-refractivity contribution in [2.45, 2.75) is 64.3 Å². The van der Waals surface area contributed by atoms with Gasteiger partial charge in [-0.1, -0.05) is 51.1 Å². The summed E-state index contributed by atoms with van der Waals surface area (Å²) < 4.78 is 12.1. The fraction of sp³-hybridized carbons (Fsp3) is 0.556. The maximum atomic E-state index is 13.7. The van der Waals surface area contributed by atoms with Gasteiger partial charge in [0.05, 0.1) is 31.0 Å². The van der Waals surface area contributed by atoms with Crippen LogP contribution in [0.2, 0.25) is 0 Å². The van der Waals surface area contributed by atoms with E-state index in [1.54, 1.807) is 6.92 Å². The fourth-order valence-electron chi connectivity index (χ4n) is 4.64. The molecule has 1 amide bonds. The molecule has 1 aliphatic rings. The van der Waals surface area contributed by atoms with Crippen molar-refractivity contribution in [3.8, 4) is 0 Å². The first-order valence-electron chi connectivity index (χ1n) is 13.1. The summed E-state index contributed by atoms with van der Waals surface area (Å²) in [6.45, 7) is 5.04. The van der Waals surface area contributed by atoms with E-state index in [1.165, 1.54) is 18.6 Å². The Hall–Kier alpha value is -2.70. The Morgan fingerprint density at radius 2 is 1.76 bits per heavy atom. The topological polar surface area (TPSA) is 151 Å². The molecule has 1 saturated heterocycles. The third kappa shape index (κ3) is 8.15. The van der Waals surface area contributed by atoms with Crippen LogP contribution in [-0.4, -0.2) is 81.6 Å². The number of benzene rings is 1. The molecule has 3 rings (SSSR count). The monoisotopic (exact) mass is 527 g/mol. The molecule has 0 radical (unpaired) electrons. The van der Waals surface area contributed by atoms with Gasteiger partial charge in [0.2, 0.25) is 5.91 Å². The summed E-state index contributed by atoms with van der Waals surface area (Å²) in [4.78, 5) is 34.7. The summed E-state index contributed by atoms with van der Waals surface area (Å²) >= 11 is 0. The van der Waals surface area contributed by atoms with Crippen LogP contribution in [0, 0.1) is 17.8 Å². The standard InChI is InChI=1S/C27H38BN3O7/c1-17(2)11-24(28-37-25(18(3)15-32)26(38-28)23(35)16-33)31-27(36)20(12-19-7-5-4-6-8-19)13-22(34)21-14-29-9-10-30-21/h4-10,14,17-18,20,23-26,32-33,35H,11-13,15-16H2,1-3H3,(H,31,36)/t18-,20+,23-,24-,25+,26+/m0/s1. The van der Waals surface area contributed by atoms with Crippen molar-refractivity contribution in [1.82, 2.24) is 15.3 Å². The van der Waals surface area contributed by atoms with Crippen molar-refractivity contribution in [2.24, 2.45) is 17.8 Å². The zero-order valence-corrected chi connectivity index (χ0v) is 22.1. The van der Waals surface area contributed by atoms with Gasteiger partial charge in [0.25, 0.3) is 0 Å². The van der Waals surface area contributed by atoms with Gasteiger partial charge in [0.1, 0.15) is 11.8 Å². The maximum absolute atomic E-state index is 13.7. The molecule has 38 heavy (non-hydrogen) atoms. The SMILES string of the molecule is CC(C)C[C@H](NC(=O)[C@@H](CC(=O)c1cnccn1)Cc1ccccc1)B1O[C@H]([C@@H](C)CO)[C@@H]([C@@H](O)CO)O1. The summed E-state index contributed by atoms with van der Waals surface area (Å²) in [5.74, 6) is -2.09. The molecule has 6 atom stereocenters. The lowest BCUT2D eigenvalue weighted by molar-refractivity contribution is -0.125. The van der Waals surface area contributed by atoms with Crippen molar-refractivity contribution in [3.05, 3.63) is 60.2 Å². The number of hydrogen-bond donors (Lipinski definition) is 4. The number of ketones is 1. The van der Waals surface area contributed by atoms with Gasteiger partial charge in [-0.05, 0) is 24.3 Å². The van der Waals surface area contributed by atoms with Crippen LogP contribution < -0.4 is 5.32 Å². The number of aromatic nitrogens is 2. The molecule has 0 bridgehead atoms. The lowest BCUT2D eigenvalue weighted by Crippen LogP contribution is -2.50. The van der Waals surface area contributed by atoms with Crippen LogP contribution in [0.3, 0.4) is 0 Å². The highest BCUT2D eigenvalue weighted by Crippen LogP contribution is 2.29. The van der Waals surface area contributed by atoms with Crippen LogP contribution in [-0.2, 0) is 20.5 Å². The molecule has 10 nitrogen and oxygen atoms in total. The first-order chi connectivity index (χ1) is 18.2. The molecular formula is C27H38BN3O7. The Kier molecular flexibility index (Phi) is 11.4. The number of rotatable bonds is 14. The smallest absolute Gasteiger partial charge is 0.404 e. The first kappa shape index (κ1) is 29.9. The molecule has 1 aromatic heterocycles. The number of aliphatic hydroxyl groups is 3. The van der Waals surface area contributed by atoms with E-state index < -0.39 is 43.9 Å². The van der Waals surface area contributed by atoms with Crippen molar-refractivity contribution in [2.75, 3.05) is 13.2 Å². The van der Waals surface area contributed by atoms with Gasteiger partial charge in [0, 0.05) is 37.3 Å². The molecule has 0 unspecified atom stereocenters. The third-order valence-electron chi connectivity index (χ3n) is 6.68. The quantitative estimate of drug-likeness (QED) is 0.210. The Bertz CT molecular complexity index is 996. The molecular weight excluding hydrogens is 489 g/mol. The minimum absolute atomic E-state index is 0.0593. The Labute approximate surface area is 224 Å². The Morgan fingerprint density at radius 1 is 1.05 bits per heavy atom. The Morgan fingerprint density at radius 3 is 2.37 bits per heavy atom. The molecule has 1 aromatic carbocycles. The maximum Gasteiger partial charge on any atom is 0.481 e. The van der Waals surface area contributed by atoms with E-state index in [4.69, 9.17) is 9.31 Å². The van der Waals surface area contributed by atoms with Crippen LogP contribution in [0.15, 0.2) is 48.9 Å². The number of aliphatic hydroxyl groups excluding tert-OH is 3. The largest absolute Gasteiger partial charge is 0.481 e. The zero-order valence-electron chi connectivity index (χ0n) is 22.1. The molecule has 0 spiro atoms. The summed E-state index contributed by atoms with van der Waals surface area (Å²) in [5.41, 5.74) is 1.11. The lowest BCUT2D eigenvalue weighted by Gasteiger charge is -2.25. The van der Waals surface area contributed by atoms with E-state index >= 15 is 0 Å². The summed E-state index contributed by atoms with van der Waals surface area (Å²) in [7, 11) is -0.903. The van der Waals surface area contributed by atoms with Crippen LogP contribution >= 0.6 is 0 Å². The fourth-order valence-corrected chi connectivity index (χ4v) is 4.64. The number of carbonyl (C=O) groups is 2. The lowest BCUT2D eigenvalue weighted by atomic mass is 9.73. The normalized spacial score (nSPS) is 20.7. The number of amides is 1. The van der Waals surface area contributed by atoms with Gasteiger partial charge in [0.15, 0.2) is 5.78 Å². The van der Waals surface area contributed by atoms with E-state index in [-0.39, 0.29) is 42.2 Å². The van der Waals surface area contributed by atoms with Crippen LogP contribution in [0.5, 0.6) is 0 Å². The highest BCUT2D eigenvalue weighted by molar-refractivity contribution is 6.47. The first-order valence-corrected chi connectivity index (χ1v) is 13.1. The molecule has 4 N–H and O–H groups in total. The number of carbonyl (C=O) groups excluding carboxylic acids is 2. The molecule has 11 heteroatoms. The second kappa shape index (κ2) is 14.5. The summed E-state index contributed by atoms with van der Waals surface area (Å²) in [6, 6.07) is 9.46. The molecule has 0 aliphatic carbocycles. The molecule has 1 aliphatic heterocycles. The van der Waals surface area contributed by atoms with Crippen LogP contribution in [0.4, 0.5) is 0 Å². The molecule has 206 valence electrons. The van der Waals surface area contributed by atoms with Crippen LogP contribution in [0.25, 0.3) is 0 Å². The van der Waals surface area contributed by atoms with E-state index in [2.05, 4.69) is 15.3 Å². The molecule has 0 saturated carbocycles. The zero-order chi connectivity index (χ0) is 27.7. The van der Waals surface area contributed by atoms with E-state index in [1.807, 2.05) is 44.2 Å². The predicted octanol–water partition coefficient (Wildman–Crippen LogP) is 1.23. The molecule has 1 fully saturated rings. The summed E-state index contributed by atoms with van der Waals surface area (Å²) in [5, 5.41) is 32.6. The van der Waals surface area contributed by atoms with E-state index in [0.717, 1.165) is 5.56 Å². The second-order valence-corrected chi connectivity index (χ2v) is 10.3.